The standard InChI is InChI=1S/C6H13NS/c1-4-5(2)6(7)8-3/h4,7H2,1-3H3/b6-5-. The zero-order valence-electron chi connectivity index (χ0n) is 5.69. The Bertz CT molecular complexity index is 84.7. The average Bonchev–Trinajstić information content (AvgIpc) is 1.84. The molecule has 1 nitrogen and oxygen atoms in total. The largest absolute Gasteiger partial charge is 0.394 e. The highest BCUT2D eigenvalue weighted by Gasteiger charge is 1.89. The predicted octanol–water partition coefficient (Wildman–Crippen LogP) is 1.95. The van der Waals surface area contributed by atoms with Gasteiger partial charge in [-0.05, 0) is 25.2 Å². The fraction of sp³-hybridized carbons (Fsp3) is 0.667. The van der Waals surface area contributed by atoms with Crippen LogP contribution in [0.5, 0.6) is 0 Å². The molecule has 0 aromatic heterocycles. The monoisotopic (exact) mass is 131 g/mol. The van der Waals surface area contributed by atoms with Crippen LogP contribution in [0.4, 0.5) is 0 Å². The molecular formula is C6H13NS. The summed E-state index contributed by atoms with van der Waals surface area (Å²) in [5, 5.41) is 0.965. The molecule has 0 fully saturated rings. The van der Waals surface area contributed by atoms with Gasteiger partial charge in [0.1, 0.15) is 0 Å². The topological polar surface area (TPSA) is 26.0 Å². The first-order valence-corrected chi connectivity index (χ1v) is 3.94. The predicted molar refractivity (Wildman–Crippen MR) is 40.7 cm³/mol. The van der Waals surface area contributed by atoms with Gasteiger partial charge in [0, 0.05) is 0 Å². The lowest BCUT2D eigenvalue weighted by Crippen LogP contribution is -1.94. The molecule has 0 saturated carbocycles. The second-order valence-corrected chi connectivity index (χ2v) is 2.55. The summed E-state index contributed by atoms with van der Waals surface area (Å²) in [5.41, 5.74) is 6.86. The van der Waals surface area contributed by atoms with Gasteiger partial charge in [-0.15, -0.1) is 11.8 Å². The molecule has 0 aliphatic rings. The van der Waals surface area contributed by atoms with Gasteiger partial charge in [0.05, 0.1) is 5.03 Å². The van der Waals surface area contributed by atoms with E-state index in [-0.39, 0.29) is 0 Å². The summed E-state index contributed by atoms with van der Waals surface area (Å²) in [7, 11) is 0. The quantitative estimate of drug-likeness (QED) is 0.620. The summed E-state index contributed by atoms with van der Waals surface area (Å²) in [6.07, 6.45) is 3.06. The minimum absolute atomic E-state index is 0.965. The minimum atomic E-state index is 0.965. The molecule has 0 aliphatic carbocycles. The first-order chi connectivity index (χ1) is 3.72. The highest BCUT2D eigenvalue weighted by molar-refractivity contribution is 8.02. The fourth-order valence-corrected chi connectivity index (χ4v) is 0.841. The Kier molecular flexibility index (Phi) is 3.79. The van der Waals surface area contributed by atoms with Crippen molar-refractivity contribution in [2.45, 2.75) is 20.3 Å². The van der Waals surface area contributed by atoms with Crippen LogP contribution in [-0.2, 0) is 0 Å². The highest BCUT2D eigenvalue weighted by Crippen LogP contribution is 2.11. The lowest BCUT2D eigenvalue weighted by atomic mass is 10.3. The third kappa shape index (κ3) is 2.26. The molecule has 0 bridgehead atoms. The Morgan fingerprint density at radius 2 is 2.12 bits per heavy atom. The van der Waals surface area contributed by atoms with E-state index in [1.165, 1.54) is 5.57 Å². The summed E-state index contributed by atoms with van der Waals surface area (Å²) in [4.78, 5) is 0. The second kappa shape index (κ2) is 3.84. The number of nitrogens with two attached hydrogens (primary N) is 1. The minimum Gasteiger partial charge on any atom is -0.394 e. The molecule has 0 saturated heterocycles. The van der Waals surface area contributed by atoms with Crippen molar-refractivity contribution in [3.8, 4) is 0 Å². The van der Waals surface area contributed by atoms with Crippen LogP contribution < -0.4 is 5.73 Å². The van der Waals surface area contributed by atoms with Gasteiger partial charge in [0.25, 0.3) is 0 Å². The molecule has 0 aromatic carbocycles. The molecule has 0 atom stereocenters. The van der Waals surface area contributed by atoms with E-state index in [4.69, 9.17) is 5.73 Å². The van der Waals surface area contributed by atoms with Crippen molar-refractivity contribution in [1.82, 2.24) is 0 Å². The zero-order valence-corrected chi connectivity index (χ0v) is 6.51. The van der Waals surface area contributed by atoms with Gasteiger partial charge in [-0.1, -0.05) is 6.92 Å². The van der Waals surface area contributed by atoms with E-state index in [1.807, 2.05) is 6.26 Å². The van der Waals surface area contributed by atoms with E-state index < -0.39 is 0 Å². The van der Waals surface area contributed by atoms with E-state index in [0.717, 1.165) is 11.4 Å². The molecule has 0 amide bonds. The SMILES string of the molecule is CC/C(C)=C(/N)SC. The Morgan fingerprint density at radius 3 is 2.25 bits per heavy atom. The molecule has 0 rings (SSSR count). The molecule has 0 aliphatic heterocycles. The molecule has 0 aromatic rings. The van der Waals surface area contributed by atoms with Crippen molar-refractivity contribution in [3.05, 3.63) is 10.6 Å². The van der Waals surface area contributed by atoms with Crippen LogP contribution in [0.15, 0.2) is 10.6 Å². The number of rotatable bonds is 2. The van der Waals surface area contributed by atoms with Crippen molar-refractivity contribution < 1.29 is 0 Å². The maximum atomic E-state index is 5.57. The summed E-state index contributed by atoms with van der Waals surface area (Å²) in [6, 6.07) is 0. The lowest BCUT2D eigenvalue weighted by Gasteiger charge is -1.98. The molecule has 48 valence electrons. The average molecular weight is 131 g/mol. The maximum absolute atomic E-state index is 5.57. The summed E-state index contributed by atoms with van der Waals surface area (Å²) in [6.45, 7) is 4.17. The molecule has 2 heteroatoms. The Morgan fingerprint density at radius 1 is 1.62 bits per heavy atom. The van der Waals surface area contributed by atoms with Crippen LogP contribution in [0.2, 0.25) is 0 Å². The van der Waals surface area contributed by atoms with Crippen LogP contribution in [-0.4, -0.2) is 6.26 Å². The van der Waals surface area contributed by atoms with Crippen LogP contribution >= 0.6 is 11.8 Å². The lowest BCUT2D eigenvalue weighted by molar-refractivity contribution is 1.08. The van der Waals surface area contributed by atoms with Crippen LogP contribution in [0.1, 0.15) is 20.3 Å². The molecule has 2 N–H and O–H groups in total. The number of hydrogen-bond donors (Lipinski definition) is 1. The highest BCUT2D eigenvalue weighted by atomic mass is 32.2. The molecule has 0 radical (unpaired) electrons. The molecule has 0 unspecified atom stereocenters. The van der Waals surface area contributed by atoms with Crippen molar-refractivity contribution in [2.75, 3.05) is 6.26 Å². The molecular weight excluding hydrogens is 118 g/mol. The molecule has 8 heavy (non-hydrogen) atoms. The Labute approximate surface area is 55.3 Å². The van der Waals surface area contributed by atoms with E-state index >= 15 is 0 Å². The van der Waals surface area contributed by atoms with Crippen LogP contribution in [0, 0.1) is 0 Å². The fourth-order valence-electron chi connectivity index (χ4n) is 0.348. The van der Waals surface area contributed by atoms with Crippen molar-refractivity contribution in [3.63, 3.8) is 0 Å². The van der Waals surface area contributed by atoms with E-state index in [0.29, 0.717) is 0 Å². The van der Waals surface area contributed by atoms with Crippen molar-refractivity contribution >= 4 is 11.8 Å². The van der Waals surface area contributed by atoms with E-state index in [1.54, 1.807) is 11.8 Å². The third-order valence-corrected chi connectivity index (χ3v) is 1.96. The summed E-state index contributed by atoms with van der Waals surface area (Å²) in [5.74, 6) is 0. The smallest absolute Gasteiger partial charge is 0.0641 e. The number of allylic oxidation sites excluding steroid dienone is 1. The van der Waals surface area contributed by atoms with Crippen LogP contribution in [0.3, 0.4) is 0 Å². The van der Waals surface area contributed by atoms with Gasteiger partial charge in [-0.2, -0.15) is 0 Å². The maximum Gasteiger partial charge on any atom is 0.0641 e. The van der Waals surface area contributed by atoms with E-state index in [9.17, 15) is 0 Å². The number of thioether (sulfide) groups is 1. The van der Waals surface area contributed by atoms with Crippen molar-refractivity contribution in [2.24, 2.45) is 5.73 Å². The first kappa shape index (κ1) is 7.89. The zero-order chi connectivity index (χ0) is 6.57. The van der Waals surface area contributed by atoms with Gasteiger partial charge in [-0.25, -0.2) is 0 Å². The Hall–Kier alpha value is -0.110. The molecule has 0 spiro atoms. The van der Waals surface area contributed by atoms with Gasteiger partial charge in [-0.3, -0.25) is 0 Å². The number of hydrogen-bond acceptors (Lipinski definition) is 2. The normalized spacial score (nSPS) is 13.4. The second-order valence-electron chi connectivity index (χ2n) is 1.70. The van der Waals surface area contributed by atoms with Crippen LogP contribution in [0.25, 0.3) is 0 Å². The first-order valence-electron chi connectivity index (χ1n) is 2.71. The van der Waals surface area contributed by atoms with E-state index in [2.05, 4.69) is 13.8 Å². The van der Waals surface area contributed by atoms with Crippen molar-refractivity contribution in [1.29, 1.82) is 0 Å². The van der Waals surface area contributed by atoms with Gasteiger partial charge < -0.3 is 5.73 Å². The summed E-state index contributed by atoms with van der Waals surface area (Å²) >= 11 is 1.61. The van der Waals surface area contributed by atoms with Gasteiger partial charge in [0.15, 0.2) is 0 Å². The van der Waals surface area contributed by atoms with Gasteiger partial charge in [0.2, 0.25) is 0 Å². The Balaban J connectivity index is 3.83. The third-order valence-electron chi connectivity index (χ3n) is 1.17. The molecule has 0 heterocycles. The van der Waals surface area contributed by atoms with Gasteiger partial charge >= 0.3 is 0 Å². The summed E-state index contributed by atoms with van der Waals surface area (Å²) < 4.78 is 0.